The summed E-state index contributed by atoms with van der Waals surface area (Å²) in [4.78, 5) is 20.9. The van der Waals surface area contributed by atoms with Gasteiger partial charge in [0.15, 0.2) is 17.5 Å². The molecule has 2 aromatic heterocycles. The van der Waals surface area contributed by atoms with Crippen LogP contribution in [0.5, 0.6) is 0 Å². The van der Waals surface area contributed by atoms with Gasteiger partial charge >= 0.3 is 0 Å². The topological polar surface area (TPSA) is 50.1 Å². The Morgan fingerprint density at radius 2 is 0.825 bits per heavy atom. The van der Waals surface area contributed by atoms with Crippen LogP contribution in [-0.2, 0) is 5.41 Å². The molecule has 7 heteroatoms. The second-order valence-electron chi connectivity index (χ2n) is 21.9. The van der Waals surface area contributed by atoms with Crippen LogP contribution in [-0.4, -0.2) is 26.2 Å². The summed E-state index contributed by atoms with van der Waals surface area (Å²) in [6, 6.07) is 96.5. The van der Waals surface area contributed by atoms with E-state index in [-0.39, 0.29) is 12.1 Å². The molecule has 11 aromatic carbocycles. The zero-order chi connectivity index (χ0) is 53.5. The Kier molecular flexibility index (Phi) is 11.1. The van der Waals surface area contributed by atoms with E-state index in [1.807, 2.05) is 36.4 Å². The summed E-state index contributed by atoms with van der Waals surface area (Å²) in [6.45, 7) is 6.84. The first kappa shape index (κ1) is 47.1. The summed E-state index contributed by atoms with van der Waals surface area (Å²) in [6.07, 6.45) is 0. The zero-order valence-electron chi connectivity index (χ0n) is 44.7. The van der Waals surface area contributed by atoms with Gasteiger partial charge in [-0.2, -0.15) is 0 Å². The summed E-state index contributed by atoms with van der Waals surface area (Å²) >= 11 is 0. The molecule has 0 saturated carbocycles. The molecule has 0 N–H and O–H groups in total. The van der Waals surface area contributed by atoms with Crippen LogP contribution in [0.4, 0.5) is 34.1 Å². The van der Waals surface area contributed by atoms with Crippen molar-refractivity contribution >= 4 is 79.0 Å². The van der Waals surface area contributed by atoms with Gasteiger partial charge < -0.3 is 14.4 Å². The first-order chi connectivity index (χ1) is 39.4. The van der Waals surface area contributed by atoms with E-state index in [0.717, 1.165) is 67.0 Å². The normalized spacial score (nSPS) is 12.6. The SMILES string of the molecule is CC(C)(C)c1ccc2c(c1)c1ccccc1n2-c1c(-c2cccc(-c3ccc4c5c3N(c3ccccc3)c3ccccc3B5c3ccccc3N4c3ccccc3)c2)cccc1-c1nc(-c2ccccc2)nc(-c2ccccc2)n1. The fraction of sp³-hybridized carbons (Fsp3) is 0.0548. The van der Waals surface area contributed by atoms with Crippen molar-refractivity contribution in [2.75, 3.05) is 9.80 Å². The van der Waals surface area contributed by atoms with Crippen molar-refractivity contribution in [3.8, 4) is 62.1 Å². The molecule has 6 nitrogen and oxygen atoms in total. The largest absolute Gasteiger partial charge is 0.311 e. The smallest absolute Gasteiger partial charge is 0.252 e. The molecule has 13 aromatic rings. The number of hydrogen-bond acceptors (Lipinski definition) is 5. The van der Waals surface area contributed by atoms with E-state index < -0.39 is 0 Å². The van der Waals surface area contributed by atoms with Crippen LogP contribution in [0.15, 0.2) is 267 Å². The average molecular weight is 1030 g/mol. The van der Waals surface area contributed by atoms with Crippen molar-refractivity contribution in [1.29, 1.82) is 0 Å². The molecular formula is C73H53BN6. The van der Waals surface area contributed by atoms with Gasteiger partial charge in [-0.25, -0.2) is 15.0 Å². The van der Waals surface area contributed by atoms with E-state index in [1.165, 1.54) is 55.5 Å². The highest BCUT2D eigenvalue weighted by Crippen LogP contribution is 2.49. The van der Waals surface area contributed by atoms with Gasteiger partial charge in [0, 0.05) is 67.0 Å². The number of para-hydroxylation sites is 6. The first-order valence-corrected chi connectivity index (χ1v) is 27.6. The summed E-state index contributed by atoms with van der Waals surface area (Å²) in [5.74, 6) is 1.82. The van der Waals surface area contributed by atoms with Crippen LogP contribution >= 0.6 is 0 Å². The van der Waals surface area contributed by atoms with E-state index >= 15 is 0 Å². The van der Waals surface area contributed by atoms with Crippen molar-refractivity contribution in [1.82, 2.24) is 19.5 Å². The Morgan fingerprint density at radius 1 is 0.338 bits per heavy atom. The molecule has 0 aliphatic carbocycles. The van der Waals surface area contributed by atoms with Crippen molar-refractivity contribution in [2.24, 2.45) is 0 Å². The fourth-order valence-electron chi connectivity index (χ4n) is 12.5. The number of hydrogen-bond donors (Lipinski definition) is 0. The maximum atomic E-state index is 5.41. The Balaban J connectivity index is 1.01. The summed E-state index contributed by atoms with van der Waals surface area (Å²) in [5, 5.41) is 2.38. The molecule has 0 fully saturated rings. The van der Waals surface area contributed by atoms with E-state index in [2.05, 4.69) is 266 Å². The lowest BCUT2D eigenvalue weighted by Gasteiger charge is -2.45. The standard InChI is InChI=1S/C73H53BN6/c1-73(2,3)52-42-44-63-59(47-52)57-34-16-19-39-62(57)80(63)68-55(35-23-36-58(68)72-76-70(48-24-8-4-9-25-48)75-71(77-72)49-26-10-5-11-27-49)50-28-22-29-51(46-50)56-43-45-66-67-69(56)79(54-32-14-7-15-33-54)65-41-21-18-38-61(65)74(67)60-37-17-20-40-64(60)78(66)53-30-12-6-13-31-53/h4-47H,1-3H3. The Labute approximate surface area is 466 Å². The lowest BCUT2D eigenvalue weighted by atomic mass is 9.33. The van der Waals surface area contributed by atoms with Gasteiger partial charge in [-0.05, 0) is 111 Å². The molecule has 15 rings (SSSR count). The number of nitrogens with zero attached hydrogens (tertiary/aromatic N) is 6. The van der Waals surface area contributed by atoms with Crippen LogP contribution in [0, 0.1) is 0 Å². The van der Waals surface area contributed by atoms with Crippen molar-refractivity contribution in [2.45, 2.75) is 26.2 Å². The van der Waals surface area contributed by atoms with Crippen LogP contribution < -0.4 is 26.2 Å². The summed E-state index contributed by atoms with van der Waals surface area (Å²) in [7, 11) is 0. The molecule has 2 aliphatic rings. The van der Waals surface area contributed by atoms with Crippen molar-refractivity contribution < 1.29 is 0 Å². The molecule has 80 heavy (non-hydrogen) atoms. The predicted octanol–water partition coefficient (Wildman–Crippen LogP) is 16.7. The molecule has 0 amide bonds. The van der Waals surface area contributed by atoms with Gasteiger partial charge in [-0.1, -0.05) is 215 Å². The predicted molar refractivity (Wildman–Crippen MR) is 334 cm³/mol. The minimum absolute atomic E-state index is 0.0187. The third-order valence-electron chi connectivity index (χ3n) is 16.2. The second-order valence-corrected chi connectivity index (χ2v) is 21.9. The van der Waals surface area contributed by atoms with Crippen LogP contribution in [0.2, 0.25) is 0 Å². The molecule has 0 unspecified atom stereocenters. The van der Waals surface area contributed by atoms with E-state index in [4.69, 9.17) is 15.0 Å². The van der Waals surface area contributed by atoms with Crippen LogP contribution in [0.3, 0.4) is 0 Å². The fourth-order valence-corrected chi connectivity index (χ4v) is 12.5. The number of rotatable bonds is 8. The minimum atomic E-state index is -0.0507. The second kappa shape index (κ2) is 18.8. The Morgan fingerprint density at radius 3 is 1.46 bits per heavy atom. The lowest BCUT2D eigenvalue weighted by molar-refractivity contribution is 0.591. The van der Waals surface area contributed by atoms with Crippen LogP contribution in [0.1, 0.15) is 26.3 Å². The van der Waals surface area contributed by atoms with Gasteiger partial charge in [0.1, 0.15) is 0 Å². The van der Waals surface area contributed by atoms with Gasteiger partial charge in [0.2, 0.25) is 0 Å². The number of fused-ring (bicyclic) bond motifs is 7. The molecular weight excluding hydrogens is 972 g/mol. The highest BCUT2D eigenvalue weighted by Gasteiger charge is 2.44. The Hall–Kier alpha value is -10.1. The van der Waals surface area contributed by atoms with Crippen molar-refractivity contribution in [3.63, 3.8) is 0 Å². The van der Waals surface area contributed by atoms with E-state index in [9.17, 15) is 0 Å². The van der Waals surface area contributed by atoms with E-state index in [0.29, 0.717) is 17.5 Å². The van der Waals surface area contributed by atoms with Gasteiger partial charge in [0.05, 0.1) is 22.4 Å². The van der Waals surface area contributed by atoms with Crippen molar-refractivity contribution in [3.05, 3.63) is 272 Å². The summed E-state index contributed by atoms with van der Waals surface area (Å²) < 4.78 is 2.46. The molecule has 0 bridgehead atoms. The zero-order valence-corrected chi connectivity index (χ0v) is 44.7. The van der Waals surface area contributed by atoms with Gasteiger partial charge in [-0.15, -0.1) is 0 Å². The average Bonchev–Trinajstić information content (AvgIpc) is 3.60. The molecule has 0 saturated heterocycles. The van der Waals surface area contributed by atoms with Gasteiger partial charge in [0.25, 0.3) is 6.71 Å². The summed E-state index contributed by atoms with van der Waals surface area (Å²) in [5.41, 5.74) is 22.3. The maximum Gasteiger partial charge on any atom is 0.252 e. The highest BCUT2D eigenvalue weighted by molar-refractivity contribution is 7.00. The molecule has 378 valence electrons. The van der Waals surface area contributed by atoms with Gasteiger partial charge in [-0.3, -0.25) is 0 Å². The molecule has 0 radical (unpaired) electrons. The molecule has 0 atom stereocenters. The molecule has 4 heterocycles. The quantitative estimate of drug-likeness (QED) is 0.142. The molecule has 2 aliphatic heterocycles. The maximum absolute atomic E-state index is 5.41. The van der Waals surface area contributed by atoms with E-state index in [1.54, 1.807) is 0 Å². The third-order valence-corrected chi connectivity index (χ3v) is 16.2. The monoisotopic (exact) mass is 1020 g/mol. The minimum Gasteiger partial charge on any atom is -0.311 e. The number of benzene rings is 11. The number of anilines is 6. The first-order valence-electron chi connectivity index (χ1n) is 27.6. The molecule has 0 spiro atoms. The van der Waals surface area contributed by atoms with Crippen LogP contribution in [0.25, 0.3) is 83.9 Å². The number of aromatic nitrogens is 4. The highest BCUT2D eigenvalue weighted by atomic mass is 15.2. The lowest BCUT2D eigenvalue weighted by Crippen LogP contribution is -2.61. The third kappa shape index (κ3) is 7.68. The Bertz CT molecular complexity index is 4460.